The molecule has 0 saturated carbocycles. The minimum Gasteiger partial charge on any atom is -0.313 e. The average molecular weight is 247 g/mol. The van der Waals surface area contributed by atoms with Gasteiger partial charge in [-0.15, -0.1) is 0 Å². The molecule has 1 aromatic heterocycles. The number of aromatic nitrogens is 2. The summed E-state index contributed by atoms with van der Waals surface area (Å²) in [6.45, 7) is 5.94. The maximum atomic E-state index is 12.9. The first kappa shape index (κ1) is 12.8. The van der Waals surface area contributed by atoms with Crippen LogP contribution in [0.2, 0.25) is 0 Å². The van der Waals surface area contributed by atoms with Crippen LogP contribution in [0.1, 0.15) is 25.1 Å². The van der Waals surface area contributed by atoms with Crippen molar-refractivity contribution in [3.63, 3.8) is 0 Å². The summed E-state index contributed by atoms with van der Waals surface area (Å²) < 4.78 is 14.8. The van der Waals surface area contributed by atoms with Crippen LogP contribution in [0.15, 0.2) is 30.5 Å². The second kappa shape index (κ2) is 5.78. The molecule has 0 saturated heterocycles. The molecule has 0 unspecified atom stereocenters. The maximum absolute atomic E-state index is 12.9. The number of nitrogens with one attached hydrogen (secondary N) is 1. The van der Waals surface area contributed by atoms with Gasteiger partial charge < -0.3 is 5.32 Å². The summed E-state index contributed by atoms with van der Waals surface area (Å²) in [5.74, 6) is -0.225. The monoisotopic (exact) mass is 247 g/mol. The van der Waals surface area contributed by atoms with Crippen LogP contribution < -0.4 is 5.32 Å². The quantitative estimate of drug-likeness (QED) is 0.880. The van der Waals surface area contributed by atoms with E-state index in [2.05, 4.69) is 24.3 Å². The van der Waals surface area contributed by atoms with Gasteiger partial charge >= 0.3 is 0 Å². The van der Waals surface area contributed by atoms with Crippen molar-refractivity contribution in [3.05, 3.63) is 47.5 Å². The molecule has 0 aliphatic rings. The van der Waals surface area contributed by atoms with Gasteiger partial charge in [0.25, 0.3) is 0 Å². The van der Waals surface area contributed by atoms with E-state index in [1.54, 1.807) is 12.1 Å². The molecule has 0 atom stereocenters. The first-order valence-electron chi connectivity index (χ1n) is 6.28. The molecule has 0 radical (unpaired) electrons. The molecule has 18 heavy (non-hydrogen) atoms. The topological polar surface area (TPSA) is 29.9 Å². The Morgan fingerprint density at radius 2 is 1.94 bits per heavy atom. The van der Waals surface area contributed by atoms with Crippen molar-refractivity contribution in [2.24, 2.45) is 0 Å². The molecule has 1 N–H and O–H groups in total. The lowest BCUT2D eigenvalue weighted by Gasteiger charge is -2.08. The third kappa shape index (κ3) is 2.59. The highest BCUT2D eigenvalue weighted by Gasteiger charge is 2.10. The van der Waals surface area contributed by atoms with E-state index in [0.717, 1.165) is 25.2 Å². The van der Waals surface area contributed by atoms with Crippen molar-refractivity contribution in [1.82, 2.24) is 15.1 Å². The Kier molecular flexibility index (Phi) is 4.10. The highest BCUT2D eigenvalue weighted by Crippen LogP contribution is 2.16. The molecule has 0 aliphatic heterocycles. The Balaban J connectivity index is 2.33. The van der Waals surface area contributed by atoms with Gasteiger partial charge in [-0.1, -0.05) is 13.8 Å². The van der Waals surface area contributed by atoms with E-state index in [1.165, 1.54) is 23.4 Å². The van der Waals surface area contributed by atoms with E-state index >= 15 is 0 Å². The SMILES string of the molecule is CCNCc1cnn(-c2ccc(F)cc2)c1CC. The fourth-order valence-electron chi connectivity index (χ4n) is 2.00. The van der Waals surface area contributed by atoms with Gasteiger partial charge in [0.05, 0.1) is 11.9 Å². The largest absolute Gasteiger partial charge is 0.313 e. The van der Waals surface area contributed by atoms with Crippen LogP contribution in [-0.2, 0) is 13.0 Å². The van der Waals surface area contributed by atoms with Crippen molar-refractivity contribution in [3.8, 4) is 5.69 Å². The third-order valence-corrected chi connectivity index (χ3v) is 2.93. The minimum absolute atomic E-state index is 0.225. The Hall–Kier alpha value is -1.68. The zero-order valence-electron chi connectivity index (χ0n) is 10.8. The van der Waals surface area contributed by atoms with Gasteiger partial charge in [0.2, 0.25) is 0 Å². The molecule has 1 heterocycles. The average Bonchev–Trinajstić information content (AvgIpc) is 2.80. The summed E-state index contributed by atoms with van der Waals surface area (Å²) in [5.41, 5.74) is 3.27. The van der Waals surface area contributed by atoms with E-state index in [0.29, 0.717) is 0 Å². The normalized spacial score (nSPS) is 10.8. The molecule has 1 aromatic carbocycles. The second-order valence-electron chi connectivity index (χ2n) is 4.14. The van der Waals surface area contributed by atoms with Crippen LogP contribution in [0.3, 0.4) is 0 Å². The lowest BCUT2D eigenvalue weighted by molar-refractivity contribution is 0.626. The summed E-state index contributed by atoms with van der Waals surface area (Å²) in [7, 11) is 0. The highest BCUT2D eigenvalue weighted by molar-refractivity contribution is 5.35. The van der Waals surface area contributed by atoms with Crippen molar-refractivity contribution < 1.29 is 4.39 Å². The van der Waals surface area contributed by atoms with Gasteiger partial charge in [0, 0.05) is 17.8 Å². The van der Waals surface area contributed by atoms with Crippen LogP contribution in [0.25, 0.3) is 5.69 Å². The molecule has 0 amide bonds. The van der Waals surface area contributed by atoms with Crippen molar-refractivity contribution in [1.29, 1.82) is 0 Å². The summed E-state index contributed by atoms with van der Waals surface area (Å²) >= 11 is 0. The molecule has 2 aromatic rings. The number of hydrogen-bond donors (Lipinski definition) is 1. The van der Waals surface area contributed by atoms with Crippen LogP contribution >= 0.6 is 0 Å². The van der Waals surface area contributed by atoms with Gasteiger partial charge in [-0.3, -0.25) is 0 Å². The van der Waals surface area contributed by atoms with Crippen LogP contribution in [0, 0.1) is 5.82 Å². The van der Waals surface area contributed by atoms with E-state index in [4.69, 9.17) is 0 Å². The van der Waals surface area contributed by atoms with E-state index < -0.39 is 0 Å². The van der Waals surface area contributed by atoms with E-state index in [9.17, 15) is 4.39 Å². The molecule has 4 heteroatoms. The van der Waals surface area contributed by atoms with Gasteiger partial charge in [0.1, 0.15) is 5.82 Å². The maximum Gasteiger partial charge on any atom is 0.123 e. The fourth-order valence-corrected chi connectivity index (χ4v) is 2.00. The lowest BCUT2D eigenvalue weighted by atomic mass is 10.2. The molecule has 3 nitrogen and oxygen atoms in total. The molecule has 2 rings (SSSR count). The Morgan fingerprint density at radius 3 is 2.56 bits per heavy atom. The lowest BCUT2D eigenvalue weighted by Crippen LogP contribution is -2.13. The molecule has 0 bridgehead atoms. The number of hydrogen-bond acceptors (Lipinski definition) is 2. The van der Waals surface area contributed by atoms with E-state index in [1.807, 2.05) is 10.9 Å². The molecule has 0 fully saturated rings. The Bertz CT molecular complexity index is 502. The van der Waals surface area contributed by atoms with Crippen molar-refractivity contribution in [2.75, 3.05) is 6.54 Å². The minimum atomic E-state index is -0.225. The Morgan fingerprint density at radius 1 is 1.22 bits per heavy atom. The standard InChI is InChI=1S/C14H18FN3/c1-3-14-11(9-16-4-2)10-17-18(14)13-7-5-12(15)6-8-13/h5-8,10,16H,3-4,9H2,1-2H3. The van der Waals surface area contributed by atoms with Gasteiger partial charge in [-0.2, -0.15) is 5.10 Å². The summed E-state index contributed by atoms with van der Waals surface area (Å²) in [6, 6.07) is 6.41. The number of benzene rings is 1. The highest BCUT2D eigenvalue weighted by atomic mass is 19.1. The molecular weight excluding hydrogens is 229 g/mol. The molecule has 96 valence electrons. The zero-order valence-corrected chi connectivity index (χ0v) is 10.8. The number of nitrogens with zero attached hydrogens (tertiary/aromatic N) is 2. The molecular formula is C14H18FN3. The number of halogens is 1. The zero-order chi connectivity index (χ0) is 13.0. The van der Waals surface area contributed by atoms with Gasteiger partial charge in [0.15, 0.2) is 0 Å². The second-order valence-corrected chi connectivity index (χ2v) is 4.14. The van der Waals surface area contributed by atoms with Crippen LogP contribution in [0.4, 0.5) is 4.39 Å². The smallest absolute Gasteiger partial charge is 0.123 e. The first-order valence-corrected chi connectivity index (χ1v) is 6.28. The number of rotatable bonds is 5. The van der Waals surface area contributed by atoms with Crippen molar-refractivity contribution >= 4 is 0 Å². The summed E-state index contributed by atoms with van der Waals surface area (Å²) in [4.78, 5) is 0. The fraction of sp³-hybridized carbons (Fsp3) is 0.357. The molecule has 0 spiro atoms. The van der Waals surface area contributed by atoms with E-state index in [-0.39, 0.29) is 5.82 Å². The summed E-state index contributed by atoms with van der Waals surface area (Å²) in [6.07, 6.45) is 2.78. The van der Waals surface area contributed by atoms with Crippen LogP contribution in [-0.4, -0.2) is 16.3 Å². The summed E-state index contributed by atoms with van der Waals surface area (Å²) in [5, 5.41) is 7.69. The molecule has 0 aliphatic carbocycles. The predicted octanol–water partition coefficient (Wildman–Crippen LogP) is 2.68. The first-order chi connectivity index (χ1) is 8.76. The van der Waals surface area contributed by atoms with Gasteiger partial charge in [-0.25, -0.2) is 9.07 Å². The Labute approximate surface area is 107 Å². The van der Waals surface area contributed by atoms with Crippen molar-refractivity contribution in [2.45, 2.75) is 26.8 Å². The third-order valence-electron chi connectivity index (χ3n) is 2.93. The van der Waals surface area contributed by atoms with Gasteiger partial charge in [-0.05, 0) is 37.2 Å². The predicted molar refractivity (Wildman–Crippen MR) is 70.3 cm³/mol. The van der Waals surface area contributed by atoms with Crippen LogP contribution in [0.5, 0.6) is 0 Å².